The third-order valence-corrected chi connectivity index (χ3v) is 7.19. The van der Waals surface area contributed by atoms with Crippen LogP contribution in [0.25, 0.3) is 5.57 Å². The van der Waals surface area contributed by atoms with E-state index in [1.807, 2.05) is 22.1 Å². The summed E-state index contributed by atoms with van der Waals surface area (Å²) < 4.78 is 28.8. The highest BCUT2D eigenvalue weighted by atomic mass is 32.2. The molecule has 1 saturated heterocycles. The smallest absolute Gasteiger partial charge is 0.217 e. The molecule has 2 fully saturated rings. The largest absolute Gasteiger partial charge is 0.268 e. The fourth-order valence-corrected chi connectivity index (χ4v) is 5.82. The lowest BCUT2D eigenvalue weighted by molar-refractivity contribution is 0.344. The molecule has 0 amide bonds. The first-order chi connectivity index (χ1) is 9.57. The third kappa shape index (κ3) is 1.78. The summed E-state index contributed by atoms with van der Waals surface area (Å²) in [6, 6.07) is 2.22. The molecule has 2 aliphatic heterocycles. The zero-order chi connectivity index (χ0) is 13.9. The van der Waals surface area contributed by atoms with Gasteiger partial charge >= 0.3 is 0 Å². The van der Waals surface area contributed by atoms with Crippen LogP contribution in [0.4, 0.5) is 0 Å². The Bertz CT molecular complexity index is 672. The van der Waals surface area contributed by atoms with Crippen molar-refractivity contribution in [2.45, 2.75) is 49.4 Å². The standard InChI is InChI=1S/C14H19N3O2S/c1-16-14(6-7-15-16)10-8-11-2-3-12(9-10)17(11)20(18,19)13-4-5-13/h6-8,11-13H,2-5,9H2,1H3. The van der Waals surface area contributed by atoms with Gasteiger partial charge in [0.1, 0.15) is 0 Å². The van der Waals surface area contributed by atoms with E-state index in [-0.39, 0.29) is 17.3 Å². The molecule has 0 N–H and O–H groups in total. The number of sulfonamides is 1. The van der Waals surface area contributed by atoms with Gasteiger partial charge in [0, 0.05) is 25.3 Å². The van der Waals surface area contributed by atoms with Gasteiger partial charge in [-0.2, -0.15) is 9.40 Å². The first-order valence-corrected chi connectivity index (χ1v) is 8.79. The lowest BCUT2D eigenvalue weighted by atomic mass is 10.0. The van der Waals surface area contributed by atoms with Gasteiger partial charge in [0.2, 0.25) is 10.0 Å². The number of hydrogen-bond acceptors (Lipinski definition) is 3. The van der Waals surface area contributed by atoms with Gasteiger partial charge in [-0.15, -0.1) is 0 Å². The second-order valence-corrected chi connectivity index (χ2v) is 8.23. The van der Waals surface area contributed by atoms with E-state index in [4.69, 9.17) is 0 Å². The lowest BCUT2D eigenvalue weighted by Crippen LogP contribution is -2.44. The molecule has 1 saturated carbocycles. The molecule has 4 rings (SSSR count). The fraction of sp³-hybridized carbons (Fsp3) is 0.643. The summed E-state index contributed by atoms with van der Waals surface area (Å²) in [5.74, 6) is 0. The second-order valence-electron chi connectivity index (χ2n) is 6.11. The Morgan fingerprint density at radius 2 is 2.05 bits per heavy atom. The Morgan fingerprint density at radius 1 is 1.25 bits per heavy atom. The Hall–Kier alpha value is -1.14. The number of aromatic nitrogens is 2. The highest BCUT2D eigenvalue weighted by Gasteiger charge is 2.49. The van der Waals surface area contributed by atoms with Crippen LogP contribution in [0.1, 0.15) is 37.8 Å². The van der Waals surface area contributed by atoms with Gasteiger partial charge in [0.25, 0.3) is 0 Å². The van der Waals surface area contributed by atoms with Gasteiger partial charge in [0.05, 0.1) is 10.9 Å². The van der Waals surface area contributed by atoms with Crippen LogP contribution >= 0.6 is 0 Å². The molecule has 5 nitrogen and oxygen atoms in total. The molecule has 2 bridgehead atoms. The van der Waals surface area contributed by atoms with Gasteiger partial charge in [-0.25, -0.2) is 8.42 Å². The molecule has 108 valence electrons. The summed E-state index contributed by atoms with van der Waals surface area (Å²) in [5, 5.41) is 4.11. The fourth-order valence-electron chi connectivity index (χ4n) is 3.60. The maximum atomic E-state index is 12.5. The van der Waals surface area contributed by atoms with E-state index in [2.05, 4.69) is 11.2 Å². The van der Waals surface area contributed by atoms with Crippen molar-refractivity contribution in [3.05, 3.63) is 24.0 Å². The van der Waals surface area contributed by atoms with Crippen molar-refractivity contribution in [2.75, 3.05) is 0 Å². The predicted molar refractivity (Wildman–Crippen MR) is 76.4 cm³/mol. The zero-order valence-electron chi connectivity index (χ0n) is 11.6. The van der Waals surface area contributed by atoms with Crippen LogP contribution < -0.4 is 0 Å². The molecular weight excluding hydrogens is 274 g/mol. The van der Waals surface area contributed by atoms with Gasteiger partial charge in [-0.05, 0) is 43.7 Å². The number of fused-ring (bicyclic) bond motifs is 2. The van der Waals surface area contributed by atoms with Gasteiger partial charge in [-0.3, -0.25) is 4.68 Å². The first kappa shape index (κ1) is 12.6. The summed E-state index contributed by atoms with van der Waals surface area (Å²) >= 11 is 0. The molecule has 0 aromatic carbocycles. The summed E-state index contributed by atoms with van der Waals surface area (Å²) in [6.45, 7) is 0. The average molecular weight is 293 g/mol. The molecule has 1 aliphatic carbocycles. The van der Waals surface area contributed by atoms with Gasteiger partial charge in [0.15, 0.2) is 0 Å². The van der Waals surface area contributed by atoms with Crippen LogP contribution in [0.5, 0.6) is 0 Å². The summed E-state index contributed by atoms with van der Waals surface area (Å²) in [6.07, 6.45) is 8.40. The minimum Gasteiger partial charge on any atom is -0.268 e. The molecule has 1 aromatic rings. The van der Waals surface area contributed by atoms with Crippen LogP contribution in [0.3, 0.4) is 0 Å². The summed E-state index contributed by atoms with van der Waals surface area (Å²) in [5.41, 5.74) is 2.37. The molecule has 3 aliphatic rings. The quantitative estimate of drug-likeness (QED) is 0.849. The van der Waals surface area contributed by atoms with E-state index in [0.717, 1.165) is 37.8 Å². The minimum atomic E-state index is -3.06. The van der Waals surface area contributed by atoms with E-state index >= 15 is 0 Å². The average Bonchev–Trinajstić information content (AvgIpc) is 3.13. The van der Waals surface area contributed by atoms with Crippen LogP contribution in [-0.4, -0.2) is 39.8 Å². The van der Waals surface area contributed by atoms with Crippen molar-refractivity contribution in [1.29, 1.82) is 0 Å². The van der Waals surface area contributed by atoms with Gasteiger partial charge in [-0.1, -0.05) is 6.08 Å². The van der Waals surface area contributed by atoms with Crippen molar-refractivity contribution < 1.29 is 8.42 Å². The number of nitrogens with zero attached hydrogens (tertiary/aromatic N) is 3. The Kier molecular flexibility index (Phi) is 2.63. The molecule has 6 heteroatoms. The van der Waals surface area contributed by atoms with Gasteiger partial charge < -0.3 is 0 Å². The van der Waals surface area contributed by atoms with Crippen molar-refractivity contribution in [2.24, 2.45) is 7.05 Å². The van der Waals surface area contributed by atoms with E-state index in [0.29, 0.717) is 0 Å². The molecule has 3 heterocycles. The minimum absolute atomic E-state index is 0.0595. The maximum Gasteiger partial charge on any atom is 0.217 e. The molecule has 2 atom stereocenters. The summed E-state index contributed by atoms with van der Waals surface area (Å²) in [4.78, 5) is 0. The molecule has 20 heavy (non-hydrogen) atoms. The maximum absolute atomic E-state index is 12.5. The van der Waals surface area contributed by atoms with E-state index in [1.165, 1.54) is 5.57 Å². The Morgan fingerprint density at radius 3 is 2.65 bits per heavy atom. The number of aryl methyl sites for hydroxylation is 1. The second kappa shape index (κ2) is 4.18. The normalized spacial score (nSPS) is 30.6. The highest BCUT2D eigenvalue weighted by Crippen LogP contribution is 2.43. The molecule has 1 aromatic heterocycles. The topological polar surface area (TPSA) is 55.2 Å². The van der Waals surface area contributed by atoms with Crippen LogP contribution in [0.15, 0.2) is 18.3 Å². The van der Waals surface area contributed by atoms with Crippen LogP contribution in [-0.2, 0) is 17.1 Å². The third-order valence-electron chi connectivity index (χ3n) is 4.72. The van der Waals surface area contributed by atoms with Crippen molar-refractivity contribution in [3.63, 3.8) is 0 Å². The molecule has 0 spiro atoms. The zero-order valence-corrected chi connectivity index (χ0v) is 12.4. The monoisotopic (exact) mass is 293 g/mol. The predicted octanol–water partition coefficient (Wildman–Crippen LogP) is 1.53. The summed E-state index contributed by atoms with van der Waals surface area (Å²) in [7, 11) is -1.12. The van der Waals surface area contributed by atoms with Crippen molar-refractivity contribution in [3.8, 4) is 0 Å². The van der Waals surface area contributed by atoms with E-state index < -0.39 is 10.0 Å². The number of hydrogen-bond donors (Lipinski definition) is 0. The van der Waals surface area contributed by atoms with Crippen LogP contribution in [0, 0.1) is 0 Å². The Labute approximate surface area is 119 Å². The molecule has 0 radical (unpaired) electrons. The van der Waals surface area contributed by atoms with E-state index in [9.17, 15) is 8.42 Å². The number of rotatable bonds is 3. The molecule has 2 unspecified atom stereocenters. The lowest BCUT2D eigenvalue weighted by Gasteiger charge is -2.33. The molecular formula is C14H19N3O2S. The van der Waals surface area contributed by atoms with Crippen molar-refractivity contribution >= 4 is 15.6 Å². The van der Waals surface area contributed by atoms with E-state index in [1.54, 1.807) is 6.20 Å². The Balaban J connectivity index is 1.69. The first-order valence-electron chi connectivity index (χ1n) is 7.29. The highest BCUT2D eigenvalue weighted by molar-refractivity contribution is 7.90. The van der Waals surface area contributed by atoms with Crippen LogP contribution in [0.2, 0.25) is 0 Å². The van der Waals surface area contributed by atoms with Crippen molar-refractivity contribution in [1.82, 2.24) is 14.1 Å². The SMILES string of the molecule is Cn1nccc1C1=CC2CCC(C1)N2S(=O)(=O)C1CC1.